The predicted octanol–water partition coefficient (Wildman–Crippen LogP) is 3.93. The van der Waals surface area contributed by atoms with Gasteiger partial charge in [-0.05, 0) is 24.0 Å². The molecule has 2 aromatic rings. The highest BCUT2D eigenvalue weighted by Crippen LogP contribution is 2.13. The van der Waals surface area contributed by atoms with Crippen molar-refractivity contribution in [2.75, 3.05) is 0 Å². The average Bonchev–Trinajstić information content (AvgIpc) is 2.74. The summed E-state index contributed by atoms with van der Waals surface area (Å²) in [7, 11) is 0. The number of rotatable bonds is 6. The fraction of sp³-hybridized carbons (Fsp3) is 0.273. The van der Waals surface area contributed by atoms with Crippen LogP contribution in [0.15, 0.2) is 72.8 Å². The van der Waals surface area contributed by atoms with Crippen molar-refractivity contribution in [3.8, 4) is 0 Å². The van der Waals surface area contributed by atoms with Gasteiger partial charge in [0.2, 0.25) is 0 Å². The van der Waals surface area contributed by atoms with E-state index in [1.54, 1.807) is 0 Å². The van der Waals surface area contributed by atoms with Crippen molar-refractivity contribution in [3.05, 3.63) is 83.9 Å². The van der Waals surface area contributed by atoms with Crippen LogP contribution >= 0.6 is 0 Å². The van der Waals surface area contributed by atoms with Gasteiger partial charge in [-0.15, -0.1) is 0 Å². The Balaban J connectivity index is 1.45. The molecule has 0 saturated carbocycles. The van der Waals surface area contributed by atoms with Gasteiger partial charge in [-0.25, -0.2) is 9.59 Å². The number of ether oxygens (including phenoxy) is 2. The Hall–Kier alpha value is -3.28. The SMILES string of the molecule is O=C(N[C@@H]1CC=CC[C@H]1NC(=O)OCc1ccccc1)OCc1ccccc1. The second-order valence-corrected chi connectivity index (χ2v) is 6.57. The third kappa shape index (κ3) is 6.16. The summed E-state index contributed by atoms with van der Waals surface area (Å²) in [5, 5.41) is 5.67. The van der Waals surface area contributed by atoms with E-state index in [0.717, 1.165) is 11.1 Å². The standard InChI is InChI=1S/C22H24N2O4/c25-21(27-15-17-9-3-1-4-10-17)23-19-13-7-8-14-20(19)24-22(26)28-16-18-11-5-2-6-12-18/h1-12,19-20H,13-16H2,(H,23,25)(H,24,26)/t19-,20-/m1/s1. The zero-order valence-electron chi connectivity index (χ0n) is 15.5. The van der Waals surface area contributed by atoms with Gasteiger partial charge in [0.1, 0.15) is 13.2 Å². The lowest BCUT2D eigenvalue weighted by molar-refractivity contribution is 0.123. The van der Waals surface area contributed by atoms with Gasteiger partial charge >= 0.3 is 12.2 Å². The van der Waals surface area contributed by atoms with Crippen LogP contribution < -0.4 is 10.6 Å². The second-order valence-electron chi connectivity index (χ2n) is 6.57. The minimum atomic E-state index is -0.506. The van der Waals surface area contributed by atoms with Crippen LogP contribution in [0.3, 0.4) is 0 Å². The molecule has 6 nitrogen and oxygen atoms in total. The maximum atomic E-state index is 12.1. The van der Waals surface area contributed by atoms with Crippen LogP contribution in [0.5, 0.6) is 0 Å². The summed E-state index contributed by atoms with van der Waals surface area (Å²) in [6, 6.07) is 18.5. The van der Waals surface area contributed by atoms with Crippen molar-refractivity contribution in [1.29, 1.82) is 0 Å². The van der Waals surface area contributed by atoms with Crippen molar-refractivity contribution >= 4 is 12.2 Å². The summed E-state index contributed by atoms with van der Waals surface area (Å²) in [6.45, 7) is 0.402. The van der Waals surface area contributed by atoms with E-state index < -0.39 is 12.2 Å². The number of nitrogens with one attached hydrogen (secondary N) is 2. The molecule has 0 bridgehead atoms. The molecule has 2 amide bonds. The Morgan fingerprint density at radius 2 is 1.11 bits per heavy atom. The van der Waals surface area contributed by atoms with E-state index in [-0.39, 0.29) is 25.3 Å². The zero-order chi connectivity index (χ0) is 19.6. The van der Waals surface area contributed by atoms with Crippen LogP contribution in [-0.2, 0) is 22.7 Å². The molecule has 0 aromatic heterocycles. The predicted molar refractivity (Wildman–Crippen MR) is 105 cm³/mol. The highest BCUT2D eigenvalue weighted by atomic mass is 16.6. The Morgan fingerprint density at radius 1 is 0.714 bits per heavy atom. The van der Waals surface area contributed by atoms with Crippen LogP contribution in [0.4, 0.5) is 9.59 Å². The minimum Gasteiger partial charge on any atom is -0.445 e. The summed E-state index contributed by atoms with van der Waals surface area (Å²) in [4.78, 5) is 24.3. The maximum Gasteiger partial charge on any atom is 0.407 e. The van der Waals surface area contributed by atoms with Gasteiger partial charge in [-0.3, -0.25) is 0 Å². The Labute approximate surface area is 164 Å². The lowest BCUT2D eigenvalue weighted by Gasteiger charge is -2.29. The highest BCUT2D eigenvalue weighted by Gasteiger charge is 2.26. The van der Waals surface area contributed by atoms with Crippen LogP contribution in [0.1, 0.15) is 24.0 Å². The fourth-order valence-electron chi connectivity index (χ4n) is 2.97. The van der Waals surface area contributed by atoms with Crippen molar-refractivity contribution in [2.45, 2.75) is 38.1 Å². The molecule has 6 heteroatoms. The topological polar surface area (TPSA) is 76.7 Å². The quantitative estimate of drug-likeness (QED) is 0.745. The smallest absolute Gasteiger partial charge is 0.407 e. The van der Waals surface area contributed by atoms with Crippen molar-refractivity contribution < 1.29 is 19.1 Å². The van der Waals surface area contributed by atoms with E-state index in [9.17, 15) is 9.59 Å². The van der Waals surface area contributed by atoms with Gasteiger partial charge < -0.3 is 20.1 Å². The molecule has 28 heavy (non-hydrogen) atoms. The molecule has 146 valence electrons. The van der Waals surface area contributed by atoms with Crippen molar-refractivity contribution in [3.63, 3.8) is 0 Å². The molecule has 0 aliphatic heterocycles. The first-order chi connectivity index (χ1) is 13.7. The van der Waals surface area contributed by atoms with Gasteiger partial charge in [0.15, 0.2) is 0 Å². The summed E-state index contributed by atoms with van der Waals surface area (Å²) in [6.07, 6.45) is 4.18. The summed E-state index contributed by atoms with van der Waals surface area (Å²) in [5.41, 5.74) is 1.83. The molecular formula is C22H24N2O4. The molecule has 2 atom stereocenters. The lowest BCUT2D eigenvalue weighted by atomic mass is 9.96. The molecule has 0 saturated heterocycles. The number of benzene rings is 2. The first-order valence-corrected chi connectivity index (χ1v) is 9.30. The first kappa shape index (κ1) is 19.5. The van der Waals surface area contributed by atoms with E-state index in [2.05, 4.69) is 10.6 Å². The number of alkyl carbamates (subject to hydrolysis) is 2. The largest absolute Gasteiger partial charge is 0.445 e. The highest BCUT2D eigenvalue weighted by molar-refractivity contribution is 5.69. The Bertz CT molecular complexity index is 725. The van der Waals surface area contributed by atoms with Crippen LogP contribution in [0.25, 0.3) is 0 Å². The van der Waals surface area contributed by atoms with Gasteiger partial charge in [-0.1, -0.05) is 72.8 Å². The van der Waals surface area contributed by atoms with Crippen molar-refractivity contribution in [1.82, 2.24) is 10.6 Å². The third-order valence-corrected chi connectivity index (χ3v) is 4.46. The summed E-state index contributed by atoms with van der Waals surface area (Å²) < 4.78 is 10.5. The monoisotopic (exact) mass is 380 g/mol. The molecule has 0 heterocycles. The van der Waals surface area contributed by atoms with E-state index in [1.807, 2.05) is 72.8 Å². The fourth-order valence-corrected chi connectivity index (χ4v) is 2.97. The van der Waals surface area contributed by atoms with Gasteiger partial charge in [0, 0.05) is 0 Å². The van der Waals surface area contributed by atoms with Gasteiger partial charge in [-0.2, -0.15) is 0 Å². The lowest BCUT2D eigenvalue weighted by Crippen LogP contribution is -2.52. The number of carbonyl (C=O) groups excluding carboxylic acids is 2. The van der Waals surface area contributed by atoms with E-state index in [4.69, 9.17) is 9.47 Å². The first-order valence-electron chi connectivity index (χ1n) is 9.30. The molecule has 3 rings (SSSR count). The maximum absolute atomic E-state index is 12.1. The average molecular weight is 380 g/mol. The van der Waals surface area contributed by atoms with Crippen LogP contribution in [0.2, 0.25) is 0 Å². The molecule has 0 unspecified atom stereocenters. The van der Waals surface area contributed by atoms with Gasteiger partial charge in [0.25, 0.3) is 0 Å². The van der Waals surface area contributed by atoms with E-state index in [1.165, 1.54) is 0 Å². The van der Waals surface area contributed by atoms with E-state index >= 15 is 0 Å². The Kier molecular flexibility index (Phi) is 7.07. The molecule has 0 radical (unpaired) electrons. The molecule has 2 aromatic carbocycles. The van der Waals surface area contributed by atoms with Crippen LogP contribution in [-0.4, -0.2) is 24.3 Å². The van der Waals surface area contributed by atoms with Gasteiger partial charge in [0.05, 0.1) is 12.1 Å². The third-order valence-electron chi connectivity index (χ3n) is 4.46. The Morgan fingerprint density at radius 3 is 1.50 bits per heavy atom. The number of amides is 2. The number of carbonyl (C=O) groups is 2. The summed E-state index contributed by atoms with van der Waals surface area (Å²) in [5.74, 6) is 0. The molecule has 0 fully saturated rings. The zero-order valence-corrected chi connectivity index (χ0v) is 15.5. The molecule has 2 N–H and O–H groups in total. The van der Waals surface area contributed by atoms with Crippen molar-refractivity contribution in [2.24, 2.45) is 0 Å². The summed E-state index contributed by atoms with van der Waals surface area (Å²) >= 11 is 0. The molecule has 0 spiro atoms. The number of hydrogen-bond acceptors (Lipinski definition) is 4. The van der Waals surface area contributed by atoms with Crippen LogP contribution in [0, 0.1) is 0 Å². The number of hydrogen-bond donors (Lipinski definition) is 2. The minimum absolute atomic E-state index is 0.201. The van der Waals surface area contributed by atoms with E-state index in [0.29, 0.717) is 12.8 Å². The molecule has 1 aliphatic carbocycles. The molecular weight excluding hydrogens is 356 g/mol. The second kappa shape index (κ2) is 10.2. The normalized spacial score (nSPS) is 18.1. The molecule has 1 aliphatic rings.